The lowest BCUT2D eigenvalue weighted by Crippen LogP contribution is -2.56. The van der Waals surface area contributed by atoms with Crippen LogP contribution in [0, 0.1) is 11.8 Å². The van der Waals surface area contributed by atoms with E-state index >= 15 is 0 Å². The average Bonchev–Trinajstić information content (AvgIpc) is 3.46. The van der Waals surface area contributed by atoms with Crippen LogP contribution < -0.4 is 5.32 Å². The molecule has 2 amide bonds. The number of benzene rings is 3. The fourth-order valence-electron chi connectivity index (χ4n) is 7.39. The molecular weight excluding hydrogens is 556 g/mol. The quantitative estimate of drug-likeness (QED) is 0.167. The Hall–Kier alpha value is -3.44. The Kier molecular flexibility index (Phi) is 9.71. The second-order valence-electron chi connectivity index (χ2n) is 12.5. The third-order valence-electron chi connectivity index (χ3n) is 9.19. The van der Waals surface area contributed by atoms with Crippen LogP contribution in [0.25, 0.3) is 0 Å². The summed E-state index contributed by atoms with van der Waals surface area (Å²) in [6, 6.07) is 24.0. The molecule has 2 aliphatic rings. The Bertz CT molecular complexity index is 1440. The Morgan fingerprint density at radius 3 is 2.23 bits per heavy atom. The fourth-order valence-corrected chi connectivity index (χ4v) is 7.52. The number of carbonyl (C=O) groups excluding carboxylic acids is 3. The minimum Gasteiger partial charge on any atom is -0.323 e. The molecule has 2 heterocycles. The van der Waals surface area contributed by atoms with Crippen molar-refractivity contribution in [3.8, 4) is 0 Å². The lowest BCUT2D eigenvalue weighted by Gasteiger charge is -2.39. The van der Waals surface area contributed by atoms with Crippen LogP contribution in [-0.2, 0) is 15.1 Å². The number of carbonyl (C=O) groups is 3. The van der Waals surface area contributed by atoms with Gasteiger partial charge in [-0.3, -0.25) is 14.4 Å². The highest BCUT2D eigenvalue weighted by Crippen LogP contribution is 2.60. The number of rotatable bonds is 12. The highest BCUT2D eigenvalue weighted by Gasteiger charge is 2.69. The van der Waals surface area contributed by atoms with Crippen LogP contribution in [0.4, 0.5) is 5.69 Å². The molecule has 4 unspecified atom stereocenters. The predicted molar refractivity (Wildman–Crippen MR) is 173 cm³/mol. The second-order valence-corrected chi connectivity index (χ2v) is 13.0. The van der Waals surface area contributed by atoms with Crippen molar-refractivity contribution in [2.45, 2.75) is 89.6 Å². The normalized spacial score (nSPS) is 22.7. The Morgan fingerprint density at radius 2 is 1.53 bits per heavy atom. The van der Waals surface area contributed by atoms with E-state index < -0.39 is 17.4 Å². The monoisotopic (exact) mass is 598 g/mol. The van der Waals surface area contributed by atoms with Crippen LogP contribution in [-0.4, -0.2) is 28.5 Å². The first kappa shape index (κ1) is 31.0. The number of para-hydroxylation sites is 1. The van der Waals surface area contributed by atoms with Gasteiger partial charge >= 0.3 is 0 Å². The molecule has 1 saturated heterocycles. The zero-order valence-corrected chi connectivity index (χ0v) is 26.3. The zero-order valence-electron chi connectivity index (χ0n) is 25.5. The number of nitrogens with one attached hydrogen (secondary N) is 1. The molecule has 1 spiro atoms. The van der Waals surface area contributed by atoms with Crippen molar-refractivity contribution >= 4 is 34.9 Å². The lowest BCUT2D eigenvalue weighted by molar-refractivity contribution is -0.146. The van der Waals surface area contributed by atoms with Crippen LogP contribution in [0.3, 0.4) is 0 Å². The molecule has 0 saturated carbocycles. The van der Waals surface area contributed by atoms with Crippen molar-refractivity contribution in [1.82, 2.24) is 4.90 Å². The van der Waals surface area contributed by atoms with Gasteiger partial charge in [0, 0.05) is 40.2 Å². The van der Waals surface area contributed by atoms with Gasteiger partial charge in [-0.2, -0.15) is 0 Å². The molecule has 3 aromatic rings. The first-order valence-electron chi connectivity index (χ1n) is 15.9. The minimum absolute atomic E-state index is 0.0599. The number of halogens is 1. The Balaban J connectivity index is 1.70. The van der Waals surface area contributed by atoms with Gasteiger partial charge in [0.1, 0.15) is 0 Å². The van der Waals surface area contributed by atoms with E-state index in [0.717, 1.165) is 31.2 Å². The van der Waals surface area contributed by atoms with Gasteiger partial charge in [0.15, 0.2) is 11.3 Å². The van der Waals surface area contributed by atoms with Crippen molar-refractivity contribution in [3.05, 3.63) is 101 Å². The van der Waals surface area contributed by atoms with Crippen molar-refractivity contribution in [2.24, 2.45) is 11.8 Å². The summed E-state index contributed by atoms with van der Waals surface area (Å²) in [6.45, 7) is 6.47. The van der Waals surface area contributed by atoms with Gasteiger partial charge in [0.05, 0.1) is 5.92 Å². The van der Waals surface area contributed by atoms with Gasteiger partial charge in [-0.05, 0) is 42.5 Å². The van der Waals surface area contributed by atoms with Crippen LogP contribution >= 0.6 is 11.6 Å². The van der Waals surface area contributed by atoms with Gasteiger partial charge < -0.3 is 10.2 Å². The van der Waals surface area contributed by atoms with Gasteiger partial charge in [-0.15, -0.1) is 0 Å². The van der Waals surface area contributed by atoms with E-state index in [0.29, 0.717) is 34.7 Å². The maximum Gasteiger partial charge on any atom is 0.255 e. The number of ketones is 1. The third kappa shape index (κ3) is 5.89. The van der Waals surface area contributed by atoms with Gasteiger partial charge in [0.25, 0.3) is 5.91 Å². The molecule has 0 aliphatic carbocycles. The number of hydrogen-bond donors (Lipinski definition) is 1. The van der Waals surface area contributed by atoms with Crippen molar-refractivity contribution in [3.63, 3.8) is 0 Å². The zero-order chi connectivity index (χ0) is 30.6. The molecule has 0 radical (unpaired) electrons. The third-order valence-corrected chi connectivity index (χ3v) is 9.44. The molecule has 0 bridgehead atoms. The van der Waals surface area contributed by atoms with Crippen molar-refractivity contribution in [1.29, 1.82) is 0 Å². The first-order valence-corrected chi connectivity index (χ1v) is 16.3. The molecule has 4 atom stereocenters. The van der Waals surface area contributed by atoms with Crippen LogP contribution in [0.15, 0.2) is 78.9 Å². The van der Waals surface area contributed by atoms with E-state index in [1.807, 2.05) is 83.8 Å². The number of amides is 2. The SMILES string of the molecule is CCCCCCCCC(=O)N1C(CC(C)C)C(c2ccc(Cl)cc2)C(C(=O)c2ccccc2)C12C(=O)Nc1ccccc12. The minimum atomic E-state index is -1.47. The van der Waals surface area contributed by atoms with Gasteiger partial charge in [-0.1, -0.05) is 125 Å². The molecule has 43 heavy (non-hydrogen) atoms. The summed E-state index contributed by atoms with van der Waals surface area (Å²) < 4.78 is 0. The maximum atomic E-state index is 14.8. The summed E-state index contributed by atoms with van der Waals surface area (Å²) >= 11 is 6.33. The maximum absolute atomic E-state index is 14.8. The van der Waals surface area contributed by atoms with E-state index in [1.54, 1.807) is 0 Å². The molecule has 5 nitrogen and oxygen atoms in total. The van der Waals surface area contributed by atoms with E-state index in [2.05, 4.69) is 26.1 Å². The summed E-state index contributed by atoms with van der Waals surface area (Å²) in [5.41, 5.74) is 1.35. The number of hydrogen-bond acceptors (Lipinski definition) is 3. The highest BCUT2D eigenvalue weighted by molar-refractivity contribution is 6.30. The summed E-state index contributed by atoms with van der Waals surface area (Å²) in [7, 11) is 0. The van der Waals surface area contributed by atoms with Crippen molar-refractivity contribution < 1.29 is 14.4 Å². The van der Waals surface area contributed by atoms with Crippen molar-refractivity contribution in [2.75, 3.05) is 5.32 Å². The van der Waals surface area contributed by atoms with E-state index in [9.17, 15) is 14.4 Å². The van der Waals surface area contributed by atoms with Crippen LogP contribution in [0.5, 0.6) is 0 Å². The molecule has 226 valence electrons. The number of anilines is 1. The van der Waals surface area contributed by atoms with Gasteiger partial charge in [0.2, 0.25) is 5.91 Å². The lowest BCUT2D eigenvalue weighted by atomic mass is 9.69. The number of Topliss-reactive ketones (excluding diaryl/α,β-unsaturated/α-hetero) is 1. The summed E-state index contributed by atoms with van der Waals surface area (Å²) in [6.07, 6.45) is 7.35. The van der Waals surface area contributed by atoms with E-state index in [-0.39, 0.29) is 29.6 Å². The highest BCUT2D eigenvalue weighted by atomic mass is 35.5. The summed E-state index contributed by atoms with van der Waals surface area (Å²) in [5, 5.41) is 3.69. The van der Waals surface area contributed by atoms with E-state index in [1.165, 1.54) is 12.8 Å². The summed E-state index contributed by atoms with van der Waals surface area (Å²) in [4.78, 5) is 45.8. The molecule has 6 heteroatoms. The number of likely N-dealkylation sites (tertiary alicyclic amines) is 1. The Morgan fingerprint density at radius 1 is 0.884 bits per heavy atom. The molecule has 1 fully saturated rings. The van der Waals surface area contributed by atoms with Crippen LogP contribution in [0.1, 0.15) is 99.5 Å². The molecule has 5 rings (SSSR count). The molecule has 2 aliphatic heterocycles. The molecule has 0 aromatic heterocycles. The standard InChI is InChI=1S/C37H43ClN2O3/c1-4-5-6-7-8-12-19-32(41)40-31(24-25(2)3)33(26-20-22-28(38)23-21-26)34(35(42)27-15-10-9-11-16-27)37(40)29-17-13-14-18-30(29)39-36(37)43/h9-11,13-18,20-23,25,31,33-34H,4-8,12,19,24H2,1-3H3,(H,39,43). The summed E-state index contributed by atoms with van der Waals surface area (Å²) in [5.74, 6) is -1.49. The smallest absolute Gasteiger partial charge is 0.255 e. The fraction of sp³-hybridized carbons (Fsp3) is 0.432. The first-order chi connectivity index (χ1) is 20.8. The largest absolute Gasteiger partial charge is 0.323 e. The van der Waals surface area contributed by atoms with Crippen LogP contribution in [0.2, 0.25) is 5.02 Å². The molecule has 3 aromatic carbocycles. The number of unbranched alkanes of at least 4 members (excludes halogenated alkanes) is 5. The molecular formula is C37H43ClN2O3. The van der Waals surface area contributed by atoms with Gasteiger partial charge in [-0.25, -0.2) is 0 Å². The molecule has 1 N–H and O–H groups in total. The Labute approximate surface area is 261 Å². The average molecular weight is 599 g/mol. The number of nitrogens with zero attached hydrogens (tertiary/aromatic N) is 1. The number of fused-ring (bicyclic) bond motifs is 2. The van der Waals surface area contributed by atoms with E-state index in [4.69, 9.17) is 11.6 Å². The topological polar surface area (TPSA) is 66.5 Å². The second kappa shape index (κ2) is 13.5. The predicted octanol–water partition coefficient (Wildman–Crippen LogP) is 8.78.